The van der Waals surface area contributed by atoms with Crippen molar-refractivity contribution >= 4 is 0 Å². The van der Waals surface area contributed by atoms with Crippen LogP contribution < -0.4 is 5.32 Å². The summed E-state index contributed by atoms with van der Waals surface area (Å²) in [7, 11) is 1.78. The lowest BCUT2D eigenvalue weighted by atomic mass is 10.0. The van der Waals surface area contributed by atoms with Gasteiger partial charge in [-0.3, -0.25) is 4.90 Å². The average molecular weight is 292 g/mol. The van der Waals surface area contributed by atoms with Crippen molar-refractivity contribution in [2.75, 3.05) is 33.3 Å². The minimum absolute atomic E-state index is 0.0511. The SMILES string of the molecule is CCN(CC)C(CNCCC(C)(C)OC)c1ccccc1. The molecule has 1 unspecified atom stereocenters. The normalized spacial score (nSPS) is 13.6. The summed E-state index contributed by atoms with van der Waals surface area (Å²) in [6.07, 6.45) is 1.02. The highest BCUT2D eigenvalue weighted by Gasteiger charge is 2.19. The Balaban J connectivity index is 2.59. The van der Waals surface area contributed by atoms with E-state index in [-0.39, 0.29) is 5.60 Å². The van der Waals surface area contributed by atoms with Gasteiger partial charge in [0.2, 0.25) is 0 Å². The van der Waals surface area contributed by atoms with Crippen LogP contribution in [0, 0.1) is 0 Å². The highest BCUT2D eigenvalue weighted by atomic mass is 16.5. The molecule has 0 aliphatic rings. The van der Waals surface area contributed by atoms with E-state index < -0.39 is 0 Å². The average Bonchev–Trinajstić information content (AvgIpc) is 2.51. The second-order valence-corrected chi connectivity index (χ2v) is 6.07. The van der Waals surface area contributed by atoms with Gasteiger partial charge >= 0.3 is 0 Å². The van der Waals surface area contributed by atoms with Crippen LogP contribution in [0.25, 0.3) is 0 Å². The Kier molecular flexibility index (Phi) is 7.94. The molecule has 0 amide bonds. The fraction of sp³-hybridized carbons (Fsp3) is 0.667. The first-order valence-electron chi connectivity index (χ1n) is 8.09. The third-order valence-corrected chi connectivity index (χ3v) is 4.23. The van der Waals surface area contributed by atoms with Crippen LogP contribution in [0.2, 0.25) is 0 Å². The molecule has 0 radical (unpaired) electrons. The first kappa shape index (κ1) is 18.1. The van der Waals surface area contributed by atoms with Gasteiger partial charge in [-0.15, -0.1) is 0 Å². The maximum absolute atomic E-state index is 5.47. The van der Waals surface area contributed by atoms with Gasteiger partial charge in [-0.2, -0.15) is 0 Å². The lowest BCUT2D eigenvalue weighted by Crippen LogP contribution is -2.37. The van der Waals surface area contributed by atoms with Gasteiger partial charge in [0.05, 0.1) is 5.60 Å². The van der Waals surface area contributed by atoms with Crippen molar-refractivity contribution in [3.63, 3.8) is 0 Å². The Bertz CT molecular complexity index is 374. The van der Waals surface area contributed by atoms with Gasteiger partial charge in [-0.05, 0) is 45.5 Å². The van der Waals surface area contributed by atoms with Crippen LogP contribution in [0.4, 0.5) is 0 Å². The van der Waals surface area contributed by atoms with Crippen LogP contribution in [-0.4, -0.2) is 43.8 Å². The summed E-state index contributed by atoms with van der Waals surface area (Å²) in [5.74, 6) is 0. The van der Waals surface area contributed by atoms with E-state index >= 15 is 0 Å². The highest BCUT2D eigenvalue weighted by Crippen LogP contribution is 2.19. The Hall–Kier alpha value is -0.900. The number of benzene rings is 1. The van der Waals surface area contributed by atoms with Crippen molar-refractivity contribution in [3.8, 4) is 0 Å². The van der Waals surface area contributed by atoms with Gasteiger partial charge in [0, 0.05) is 19.7 Å². The third kappa shape index (κ3) is 6.16. The van der Waals surface area contributed by atoms with Gasteiger partial charge < -0.3 is 10.1 Å². The molecule has 1 rings (SSSR count). The first-order chi connectivity index (χ1) is 10.0. The summed E-state index contributed by atoms with van der Waals surface area (Å²) in [4.78, 5) is 2.50. The molecule has 120 valence electrons. The zero-order chi connectivity index (χ0) is 15.7. The van der Waals surface area contributed by atoms with Crippen LogP contribution in [0.15, 0.2) is 30.3 Å². The summed E-state index contributed by atoms with van der Waals surface area (Å²) < 4.78 is 5.47. The number of hydrogen-bond acceptors (Lipinski definition) is 3. The fourth-order valence-electron chi connectivity index (χ4n) is 2.53. The molecule has 1 aromatic rings. The number of nitrogens with zero attached hydrogens (tertiary/aromatic N) is 1. The molecule has 0 aromatic heterocycles. The Morgan fingerprint density at radius 3 is 2.29 bits per heavy atom. The summed E-state index contributed by atoms with van der Waals surface area (Å²) in [5.41, 5.74) is 1.34. The van der Waals surface area contributed by atoms with Crippen LogP contribution in [0.5, 0.6) is 0 Å². The molecular weight excluding hydrogens is 260 g/mol. The molecule has 0 aliphatic carbocycles. The van der Waals surface area contributed by atoms with Gasteiger partial charge in [-0.1, -0.05) is 44.2 Å². The number of methoxy groups -OCH3 is 1. The Morgan fingerprint density at radius 1 is 1.14 bits per heavy atom. The molecule has 1 atom stereocenters. The lowest BCUT2D eigenvalue weighted by Gasteiger charge is -2.31. The molecule has 3 heteroatoms. The molecule has 0 saturated carbocycles. The smallest absolute Gasteiger partial charge is 0.0634 e. The van der Waals surface area contributed by atoms with Crippen LogP contribution in [-0.2, 0) is 4.74 Å². The monoisotopic (exact) mass is 292 g/mol. The van der Waals surface area contributed by atoms with Crippen LogP contribution in [0.1, 0.15) is 45.7 Å². The minimum Gasteiger partial charge on any atom is -0.379 e. The molecule has 0 fully saturated rings. The summed E-state index contributed by atoms with van der Waals surface area (Å²) in [6.45, 7) is 12.8. The Morgan fingerprint density at radius 2 is 1.76 bits per heavy atom. The largest absolute Gasteiger partial charge is 0.379 e. The van der Waals surface area contributed by atoms with Crippen LogP contribution >= 0.6 is 0 Å². The topological polar surface area (TPSA) is 24.5 Å². The van der Waals surface area contributed by atoms with Crippen molar-refractivity contribution in [2.24, 2.45) is 0 Å². The summed E-state index contributed by atoms with van der Waals surface area (Å²) in [6, 6.07) is 11.2. The van der Waals surface area contributed by atoms with Crippen molar-refractivity contribution in [2.45, 2.75) is 45.8 Å². The van der Waals surface area contributed by atoms with Crippen molar-refractivity contribution < 1.29 is 4.74 Å². The van der Waals surface area contributed by atoms with Gasteiger partial charge in [0.15, 0.2) is 0 Å². The standard InChI is InChI=1S/C18H32N2O/c1-6-20(7-2)17(16-11-9-8-10-12-16)15-19-14-13-18(3,4)21-5/h8-12,17,19H,6-7,13-15H2,1-5H3. The maximum atomic E-state index is 5.47. The molecule has 1 aromatic carbocycles. The molecule has 0 heterocycles. The van der Waals surface area contributed by atoms with E-state index in [0.717, 1.165) is 32.6 Å². The predicted molar refractivity (Wildman–Crippen MR) is 90.7 cm³/mol. The van der Waals surface area contributed by atoms with E-state index in [9.17, 15) is 0 Å². The number of likely N-dealkylation sites (N-methyl/N-ethyl adjacent to an activating group) is 1. The predicted octanol–water partition coefficient (Wildman–Crippen LogP) is 3.47. The summed E-state index contributed by atoms with van der Waals surface area (Å²) in [5, 5.41) is 3.60. The first-order valence-corrected chi connectivity index (χ1v) is 8.09. The molecule has 1 N–H and O–H groups in total. The van der Waals surface area contributed by atoms with E-state index in [2.05, 4.69) is 68.2 Å². The molecule has 21 heavy (non-hydrogen) atoms. The molecule has 0 bridgehead atoms. The number of nitrogens with one attached hydrogen (secondary N) is 1. The van der Waals surface area contributed by atoms with Gasteiger partial charge in [0.1, 0.15) is 0 Å². The van der Waals surface area contributed by atoms with E-state index in [1.54, 1.807) is 7.11 Å². The van der Waals surface area contributed by atoms with E-state index in [0.29, 0.717) is 6.04 Å². The number of rotatable bonds is 10. The maximum Gasteiger partial charge on any atom is 0.0634 e. The molecule has 3 nitrogen and oxygen atoms in total. The van der Waals surface area contributed by atoms with Crippen molar-refractivity contribution in [3.05, 3.63) is 35.9 Å². The molecule has 0 spiro atoms. The molecule has 0 saturated heterocycles. The Labute approximate surface area is 130 Å². The quantitative estimate of drug-likeness (QED) is 0.668. The van der Waals surface area contributed by atoms with Gasteiger partial charge in [-0.25, -0.2) is 0 Å². The minimum atomic E-state index is -0.0511. The van der Waals surface area contributed by atoms with E-state index in [1.807, 2.05) is 0 Å². The van der Waals surface area contributed by atoms with Gasteiger partial charge in [0.25, 0.3) is 0 Å². The number of hydrogen-bond donors (Lipinski definition) is 1. The highest BCUT2D eigenvalue weighted by molar-refractivity contribution is 5.19. The molecular formula is C18H32N2O. The zero-order valence-electron chi connectivity index (χ0n) is 14.4. The third-order valence-electron chi connectivity index (χ3n) is 4.23. The fourth-order valence-corrected chi connectivity index (χ4v) is 2.53. The van der Waals surface area contributed by atoms with Crippen molar-refractivity contribution in [1.29, 1.82) is 0 Å². The lowest BCUT2D eigenvalue weighted by molar-refractivity contribution is 0.0155. The van der Waals surface area contributed by atoms with Crippen LogP contribution in [0.3, 0.4) is 0 Å². The van der Waals surface area contributed by atoms with E-state index in [4.69, 9.17) is 4.74 Å². The molecule has 0 aliphatic heterocycles. The second-order valence-electron chi connectivity index (χ2n) is 6.07. The van der Waals surface area contributed by atoms with Crippen molar-refractivity contribution in [1.82, 2.24) is 10.2 Å². The number of ether oxygens (including phenoxy) is 1. The summed E-state index contributed by atoms with van der Waals surface area (Å²) >= 11 is 0. The van der Waals surface area contributed by atoms with E-state index in [1.165, 1.54) is 5.56 Å². The zero-order valence-corrected chi connectivity index (χ0v) is 14.4. The second kappa shape index (κ2) is 9.19.